The predicted octanol–water partition coefficient (Wildman–Crippen LogP) is 3.20. The summed E-state index contributed by atoms with van der Waals surface area (Å²) in [4.78, 5) is 0.0828. The van der Waals surface area contributed by atoms with Gasteiger partial charge in [-0.05, 0) is 41.1 Å². The number of nitrogens with one attached hydrogen (secondary N) is 1. The van der Waals surface area contributed by atoms with E-state index in [1.165, 1.54) is 24.3 Å². The highest BCUT2D eigenvalue weighted by atomic mass is 79.9. The van der Waals surface area contributed by atoms with Crippen LogP contribution in [0.3, 0.4) is 0 Å². The predicted molar refractivity (Wildman–Crippen MR) is 71.2 cm³/mol. The largest absolute Gasteiger partial charge is 0.360 e. The Kier molecular flexibility index (Phi) is 3.65. The summed E-state index contributed by atoms with van der Waals surface area (Å²) in [5, 5.41) is 4.00. The van der Waals surface area contributed by atoms with Gasteiger partial charge in [-0.15, -0.1) is 0 Å². The maximum absolute atomic E-state index is 12.0. The van der Waals surface area contributed by atoms with Crippen LogP contribution in [0.4, 0.5) is 5.82 Å². The van der Waals surface area contributed by atoms with Gasteiger partial charge in [-0.3, -0.25) is 4.72 Å². The van der Waals surface area contributed by atoms with Gasteiger partial charge in [-0.1, -0.05) is 16.8 Å². The highest BCUT2D eigenvalue weighted by Crippen LogP contribution is 2.26. The van der Waals surface area contributed by atoms with Crippen LogP contribution in [0.15, 0.2) is 38.2 Å². The molecule has 0 aliphatic carbocycles. The van der Waals surface area contributed by atoms with E-state index in [9.17, 15) is 8.42 Å². The van der Waals surface area contributed by atoms with E-state index in [-0.39, 0.29) is 10.7 Å². The molecule has 0 atom stereocenters. The molecule has 0 unspecified atom stereocenters. The SMILES string of the molecule is Cc1cc(NS(=O)(=O)c2ccc(Cl)c(Br)c2)no1. The summed E-state index contributed by atoms with van der Waals surface area (Å²) in [5.74, 6) is 0.656. The number of rotatable bonds is 3. The Morgan fingerprint density at radius 2 is 2.11 bits per heavy atom. The Morgan fingerprint density at radius 3 is 2.67 bits per heavy atom. The lowest BCUT2D eigenvalue weighted by Crippen LogP contribution is -2.13. The van der Waals surface area contributed by atoms with Crippen LogP contribution in [0.25, 0.3) is 0 Å². The third-order valence-electron chi connectivity index (χ3n) is 2.07. The minimum absolute atomic E-state index is 0.0828. The van der Waals surface area contributed by atoms with E-state index in [2.05, 4.69) is 25.8 Å². The summed E-state index contributed by atoms with van der Waals surface area (Å²) >= 11 is 8.97. The zero-order valence-corrected chi connectivity index (χ0v) is 12.3. The van der Waals surface area contributed by atoms with Crippen LogP contribution in [-0.2, 0) is 10.0 Å². The monoisotopic (exact) mass is 350 g/mol. The molecule has 2 aromatic rings. The van der Waals surface area contributed by atoms with Gasteiger partial charge in [0, 0.05) is 10.5 Å². The molecular formula is C10H8BrClN2O3S. The number of sulfonamides is 1. The molecule has 1 heterocycles. The van der Waals surface area contributed by atoms with Crippen LogP contribution in [-0.4, -0.2) is 13.6 Å². The topological polar surface area (TPSA) is 72.2 Å². The van der Waals surface area contributed by atoms with Gasteiger partial charge in [0.05, 0.1) is 9.92 Å². The Hall–Kier alpha value is -1.05. The first-order valence-corrected chi connectivity index (χ1v) is 7.45. The highest BCUT2D eigenvalue weighted by molar-refractivity contribution is 9.10. The van der Waals surface area contributed by atoms with Crippen molar-refractivity contribution < 1.29 is 12.9 Å². The highest BCUT2D eigenvalue weighted by Gasteiger charge is 2.17. The smallest absolute Gasteiger partial charge is 0.263 e. The van der Waals surface area contributed by atoms with Gasteiger partial charge in [0.25, 0.3) is 10.0 Å². The lowest BCUT2D eigenvalue weighted by atomic mass is 10.4. The zero-order valence-electron chi connectivity index (χ0n) is 9.15. The van der Waals surface area contributed by atoms with E-state index in [1.807, 2.05) is 0 Å². The van der Waals surface area contributed by atoms with Crippen molar-refractivity contribution in [3.05, 3.63) is 39.5 Å². The number of nitrogens with zero attached hydrogens (tertiary/aromatic N) is 1. The van der Waals surface area contributed by atoms with Gasteiger partial charge in [0.2, 0.25) is 0 Å². The van der Waals surface area contributed by atoms with Crippen molar-refractivity contribution in [3.8, 4) is 0 Å². The Labute approximate surface area is 117 Å². The molecular weight excluding hydrogens is 344 g/mol. The van der Waals surface area contributed by atoms with Crippen molar-refractivity contribution in [1.29, 1.82) is 0 Å². The third-order valence-corrected chi connectivity index (χ3v) is 4.63. The van der Waals surface area contributed by atoms with E-state index in [0.29, 0.717) is 15.3 Å². The van der Waals surface area contributed by atoms with Gasteiger partial charge in [0.15, 0.2) is 5.82 Å². The first-order chi connectivity index (χ1) is 8.38. The molecule has 0 saturated carbocycles. The number of anilines is 1. The number of benzene rings is 1. The lowest BCUT2D eigenvalue weighted by molar-refractivity contribution is 0.400. The first kappa shape index (κ1) is 13.4. The van der Waals surface area contributed by atoms with Crippen molar-refractivity contribution in [2.75, 3.05) is 4.72 Å². The van der Waals surface area contributed by atoms with Crippen molar-refractivity contribution in [1.82, 2.24) is 5.16 Å². The van der Waals surface area contributed by atoms with Crippen LogP contribution < -0.4 is 4.72 Å². The molecule has 0 spiro atoms. The summed E-state index contributed by atoms with van der Waals surface area (Å²) in [5.41, 5.74) is 0. The number of hydrogen-bond donors (Lipinski definition) is 1. The van der Waals surface area contributed by atoms with Crippen molar-refractivity contribution in [2.45, 2.75) is 11.8 Å². The molecule has 0 saturated heterocycles. The molecule has 18 heavy (non-hydrogen) atoms. The molecule has 1 aromatic heterocycles. The van der Waals surface area contributed by atoms with Crippen LogP contribution in [0.5, 0.6) is 0 Å². The van der Waals surface area contributed by atoms with Crippen LogP contribution in [0, 0.1) is 6.92 Å². The van der Waals surface area contributed by atoms with Crippen LogP contribution in [0.2, 0.25) is 5.02 Å². The average molecular weight is 352 g/mol. The number of halogens is 2. The molecule has 96 valence electrons. The first-order valence-electron chi connectivity index (χ1n) is 4.80. The minimum Gasteiger partial charge on any atom is -0.360 e. The van der Waals surface area contributed by atoms with Crippen molar-refractivity contribution in [2.24, 2.45) is 0 Å². The molecule has 0 aliphatic heterocycles. The Bertz CT molecular complexity index is 684. The quantitative estimate of drug-likeness (QED) is 0.921. The van der Waals surface area contributed by atoms with Crippen LogP contribution >= 0.6 is 27.5 Å². The number of hydrogen-bond acceptors (Lipinski definition) is 4. The van der Waals surface area contributed by atoms with Crippen molar-refractivity contribution in [3.63, 3.8) is 0 Å². The summed E-state index contributed by atoms with van der Waals surface area (Å²) in [6, 6.07) is 5.80. The van der Waals surface area contributed by atoms with Gasteiger partial charge < -0.3 is 4.52 Å². The molecule has 0 fully saturated rings. The number of aryl methyl sites for hydroxylation is 1. The molecule has 2 rings (SSSR count). The maximum atomic E-state index is 12.0. The number of aromatic nitrogens is 1. The van der Waals surface area contributed by atoms with Gasteiger partial charge in [-0.2, -0.15) is 0 Å². The van der Waals surface area contributed by atoms with E-state index >= 15 is 0 Å². The van der Waals surface area contributed by atoms with Crippen LogP contribution in [0.1, 0.15) is 5.76 Å². The molecule has 0 bridgehead atoms. The van der Waals surface area contributed by atoms with E-state index in [1.54, 1.807) is 6.92 Å². The summed E-state index contributed by atoms with van der Waals surface area (Å²) < 4.78 is 31.6. The second kappa shape index (κ2) is 4.91. The molecule has 1 aromatic carbocycles. The molecule has 0 amide bonds. The molecule has 5 nitrogen and oxygen atoms in total. The zero-order chi connectivity index (χ0) is 13.3. The minimum atomic E-state index is -3.70. The Morgan fingerprint density at radius 1 is 1.39 bits per heavy atom. The maximum Gasteiger partial charge on any atom is 0.263 e. The van der Waals surface area contributed by atoms with E-state index < -0.39 is 10.0 Å². The normalized spacial score (nSPS) is 11.5. The second-order valence-electron chi connectivity index (χ2n) is 3.50. The average Bonchev–Trinajstić information content (AvgIpc) is 2.67. The standard InChI is InChI=1S/C10H8BrClN2O3S/c1-6-4-10(13-17-6)14-18(15,16)7-2-3-9(12)8(11)5-7/h2-5H,1H3,(H,13,14). The second-order valence-corrected chi connectivity index (χ2v) is 6.45. The fraction of sp³-hybridized carbons (Fsp3) is 0.100. The molecule has 8 heteroatoms. The van der Waals surface area contributed by atoms with Gasteiger partial charge in [0.1, 0.15) is 5.76 Å². The molecule has 1 N–H and O–H groups in total. The van der Waals surface area contributed by atoms with E-state index in [4.69, 9.17) is 16.1 Å². The fourth-order valence-electron chi connectivity index (χ4n) is 1.26. The lowest BCUT2D eigenvalue weighted by Gasteiger charge is -2.05. The van der Waals surface area contributed by atoms with Gasteiger partial charge in [-0.25, -0.2) is 8.42 Å². The summed E-state index contributed by atoms with van der Waals surface area (Å²) in [7, 11) is -3.70. The third kappa shape index (κ3) is 2.85. The van der Waals surface area contributed by atoms with Crippen molar-refractivity contribution >= 4 is 43.4 Å². The Balaban J connectivity index is 2.33. The fourth-order valence-corrected chi connectivity index (χ4v) is 2.91. The summed E-state index contributed by atoms with van der Waals surface area (Å²) in [6.45, 7) is 1.67. The molecule has 0 radical (unpaired) electrons. The van der Waals surface area contributed by atoms with Gasteiger partial charge >= 0.3 is 0 Å². The molecule has 0 aliphatic rings. The van der Waals surface area contributed by atoms with E-state index in [0.717, 1.165) is 0 Å². The summed E-state index contributed by atoms with van der Waals surface area (Å²) in [6.07, 6.45) is 0.